The molecule has 1 N–H and O–H groups in total. The fourth-order valence-corrected chi connectivity index (χ4v) is 3.24. The van der Waals surface area contributed by atoms with Crippen LogP contribution >= 0.6 is 0 Å². The van der Waals surface area contributed by atoms with Gasteiger partial charge in [-0.05, 0) is 55.7 Å². The molecule has 1 aliphatic carbocycles. The van der Waals surface area contributed by atoms with Gasteiger partial charge in [0.05, 0.1) is 6.10 Å². The van der Waals surface area contributed by atoms with Gasteiger partial charge in [-0.1, -0.05) is 43.9 Å². The molecule has 0 heterocycles. The van der Waals surface area contributed by atoms with E-state index in [-0.39, 0.29) is 6.10 Å². The molecule has 0 radical (unpaired) electrons. The summed E-state index contributed by atoms with van der Waals surface area (Å²) in [5, 5.41) is 10.2. The summed E-state index contributed by atoms with van der Waals surface area (Å²) in [5.41, 5.74) is 3.97. The molecule has 1 aliphatic rings. The van der Waals surface area contributed by atoms with Crippen molar-refractivity contribution >= 4 is 0 Å². The minimum Gasteiger partial charge on any atom is -0.393 e. The minimum absolute atomic E-state index is 0.162. The monoisotopic (exact) mass is 246 g/mol. The lowest BCUT2D eigenvalue weighted by Crippen LogP contribution is -2.13. The van der Waals surface area contributed by atoms with E-state index in [9.17, 15) is 5.11 Å². The average molecular weight is 246 g/mol. The molecule has 1 saturated carbocycles. The molecular formula is C17H26O. The molecule has 1 nitrogen and oxygen atoms in total. The zero-order valence-corrected chi connectivity index (χ0v) is 11.8. The zero-order valence-electron chi connectivity index (χ0n) is 11.8. The summed E-state index contributed by atoms with van der Waals surface area (Å²) < 4.78 is 0. The smallest absolute Gasteiger partial charge is 0.0580 e. The number of hydrogen-bond acceptors (Lipinski definition) is 1. The Morgan fingerprint density at radius 1 is 1.17 bits per heavy atom. The van der Waals surface area contributed by atoms with Gasteiger partial charge in [0.25, 0.3) is 0 Å². The van der Waals surface area contributed by atoms with E-state index < -0.39 is 0 Å². The van der Waals surface area contributed by atoms with Crippen molar-refractivity contribution in [2.75, 3.05) is 0 Å². The molecule has 0 spiro atoms. The molecular weight excluding hydrogens is 220 g/mol. The highest BCUT2D eigenvalue weighted by atomic mass is 16.3. The highest BCUT2D eigenvalue weighted by Crippen LogP contribution is 2.29. The number of aliphatic hydroxyl groups is 1. The summed E-state index contributed by atoms with van der Waals surface area (Å²) in [6.45, 7) is 4.29. The SMILES string of the molecule is Cc1cccc(C)c1CC(O)CCC1CCCC1. The van der Waals surface area contributed by atoms with Gasteiger partial charge >= 0.3 is 0 Å². The Hall–Kier alpha value is -0.820. The Balaban J connectivity index is 1.84. The molecule has 100 valence electrons. The van der Waals surface area contributed by atoms with Gasteiger partial charge in [0.15, 0.2) is 0 Å². The molecule has 2 rings (SSSR count). The van der Waals surface area contributed by atoms with Crippen LogP contribution in [0, 0.1) is 19.8 Å². The summed E-state index contributed by atoms with van der Waals surface area (Å²) in [4.78, 5) is 0. The molecule has 1 fully saturated rings. The van der Waals surface area contributed by atoms with Crippen LogP contribution in [-0.4, -0.2) is 11.2 Å². The average Bonchev–Trinajstić information content (AvgIpc) is 2.84. The van der Waals surface area contributed by atoms with Gasteiger partial charge in [0.2, 0.25) is 0 Å². The van der Waals surface area contributed by atoms with Crippen molar-refractivity contribution in [2.45, 2.75) is 64.9 Å². The number of aliphatic hydroxyl groups excluding tert-OH is 1. The Bertz CT molecular complexity index is 357. The van der Waals surface area contributed by atoms with Gasteiger partial charge in [-0.25, -0.2) is 0 Å². The van der Waals surface area contributed by atoms with Crippen LogP contribution in [0.1, 0.15) is 55.2 Å². The Morgan fingerprint density at radius 3 is 2.39 bits per heavy atom. The van der Waals surface area contributed by atoms with Crippen LogP contribution in [0.15, 0.2) is 18.2 Å². The van der Waals surface area contributed by atoms with Crippen molar-refractivity contribution in [2.24, 2.45) is 5.92 Å². The maximum Gasteiger partial charge on any atom is 0.0580 e. The van der Waals surface area contributed by atoms with Crippen LogP contribution in [-0.2, 0) is 6.42 Å². The predicted molar refractivity (Wildman–Crippen MR) is 76.8 cm³/mol. The van der Waals surface area contributed by atoms with Crippen molar-refractivity contribution in [3.63, 3.8) is 0 Å². The van der Waals surface area contributed by atoms with Crippen molar-refractivity contribution in [3.05, 3.63) is 34.9 Å². The Kier molecular flexibility index (Phi) is 4.82. The van der Waals surface area contributed by atoms with Crippen LogP contribution in [0.2, 0.25) is 0 Å². The lowest BCUT2D eigenvalue weighted by Gasteiger charge is -2.16. The number of hydrogen-bond donors (Lipinski definition) is 1. The molecule has 0 amide bonds. The molecule has 18 heavy (non-hydrogen) atoms. The maximum atomic E-state index is 10.2. The Labute approximate surface area is 111 Å². The lowest BCUT2D eigenvalue weighted by atomic mass is 9.93. The minimum atomic E-state index is -0.162. The first-order valence-electron chi connectivity index (χ1n) is 7.40. The van der Waals surface area contributed by atoms with Crippen LogP contribution in [0.4, 0.5) is 0 Å². The van der Waals surface area contributed by atoms with Crippen molar-refractivity contribution in [1.29, 1.82) is 0 Å². The molecule has 1 aromatic carbocycles. The van der Waals surface area contributed by atoms with E-state index in [4.69, 9.17) is 0 Å². The quantitative estimate of drug-likeness (QED) is 0.826. The fourth-order valence-electron chi connectivity index (χ4n) is 3.24. The van der Waals surface area contributed by atoms with Gasteiger partial charge in [0.1, 0.15) is 0 Å². The van der Waals surface area contributed by atoms with E-state index in [1.54, 1.807) is 0 Å². The number of benzene rings is 1. The highest BCUT2D eigenvalue weighted by Gasteiger charge is 2.17. The van der Waals surface area contributed by atoms with Gasteiger partial charge in [0, 0.05) is 0 Å². The lowest BCUT2D eigenvalue weighted by molar-refractivity contribution is 0.154. The van der Waals surface area contributed by atoms with Crippen molar-refractivity contribution in [3.8, 4) is 0 Å². The normalized spacial score (nSPS) is 18.2. The van der Waals surface area contributed by atoms with Crippen LogP contribution < -0.4 is 0 Å². The molecule has 0 aliphatic heterocycles. The summed E-state index contributed by atoms with van der Waals surface area (Å²) in [7, 11) is 0. The molecule has 1 aromatic rings. The van der Waals surface area contributed by atoms with E-state index in [0.717, 1.165) is 18.8 Å². The second-order valence-corrected chi connectivity index (χ2v) is 5.96. The van der Waals surface area contributed by atoms with Crippen molar-refractivity contribution in [1.82, 2.24) is 0 Å². The topological polar surface area (TPSA) is 20.2 Å². The van der Waals surface area contributed by atoms with E-state index in [0.29, 0.717) is 0 Å². The summed E-state index contributed by atoms with van der Waals surface area (Å²) >= 11 is 0. The van der Waals surface area contributed by atoms with Crippen molar-refractivity contribution < 1.29 is 5.11 Å². The molecule has 0 aromatic heterocycles. The fraction of sp³-hybridized carbons (Fsp3) is 0.647. The first-order valence-corrected chi connectivity index (χ1v) is 7.40. The Morgan fingerprint density at radius 2 is 1.78 bits per heavy atom. The summed E-state index contributed by atoms with van der Waals surface area (Å²) in [6.07, 6.45) is 8.42. The highest BCUT2D eigenvalue weighted by molar-refractivity contribution is 5.33. The maximum absolute atomic E-state index is 10.2. The largest absolute Gasteiger partial charge is 0.393 e. The van der Waals surface area contributed by atoms with E-state index >= 15 is 0 Å². The number of aryl methyl sites for hydroxylation is 2. The van der Waals surface area contributed by atoms with E-state index in [1.165, 1.54) is 48.8 Å². The zero-order chi connectivity index (χ0) is 13.0. The third kappa shape index (κ3) is 3.58. The van der Waals surface area contributed by atoms with E-state index in [1.807, 2.05) is 0 Å². The molecule has 0 bridgehead atoms. The predicted octanol–water partition coefficient (Wildman–Crippen LogP) is 4.18. The second kappa shape index (κ2) is 6.38. The second-order valence-electron chi connectivity index (χ2n) is 5.96. The third-order valence-electron chi connectivity index (χ3n) is 4.47. The molecule has 1 heteroatoms. The molecule has 1 atom stereocenters. The van der Waals surface area contributed by atoms with Gasteiger partial charge in [-0.3, -0.25) is 0 Å². The van der Waals surface area contributed by atoms with Gasteiger partial charge in [-0.2, -0.15) is 0 Å². The number of rotatable bonds is 5. The standard InChI is InChI=1S/C17H26O/c1-13-6-5-7-14(2)17(13)12-16(18)11-10-15-8-3-4-9-15/h5-7,15-16,18H,3-4,8-12H2,1-2H3. The molecule has 1 unspecified atom stereocenters. The van der Waals surface area contributed by atoms with Crippen LogP contribution in [0.5, 0.6) is 0 Å². The van der Waals surface area contributed by atoms with Crippen LogP contribution in [0.25, 0.3) is 0 Å². The van der Waals surface area contributed by atoms with Gasteiger partial charge in [-0.15, -0.1) is 0 Å². The van der Waals surface area contributed by atoms with Crippen LogP contribution in [0.3, 0.4) is 0 Å². The van der Waals surface area contributed by atoms with E-state index in [2.05, 4.69) is 32.0 Å². The first kappa shape index (κ1) is 13.6. The summed E-state index contributed by atoms with van der Waals surface area (Å²) in [5.74, 6) is 0.887. The molecule has 0 saturated heterocycles. The summed E-state index contributed by atoms with van der Waals surface area (Å²) in [6, 6.07) is 6.39. The first-order chi connectivity index (χ1) is 8.66. The third-order valence-corrected chi connectivity index (χ3v) is 4.47. The van der Waals surface area contributed by atoms with Gasteiger partial charge < -0.3 is 5.11 Å².